The fourth-order valence-electron chi connectivity index (χ4n) is 2.37. The lowest BCUT2D eigenvalue weighted by Crippen LogP contribution is -2.35. The van der Waals surface area contributed by atoms with E-state index < -0.39 is 0 Å². The normalized spacial score (nSPS) is 38.0. The Bertz CT molecular complexity index is 147. The second-order valence-corrected chi connectivity index (χ2v) is 6.49. The van der Waals surface area contributed by atoms with Crippen molar-refractivity contribution in [2.45, 2.75) is 6.42 Å². The average molecular weight is 188 g/mol. The van der Waals surface area contributed by atoms with Crippen molar-refractivity contribution in [3.8, 4) is 0 Å². The molecular weight excluding hydrogens is 168 g/mol. The number of fused-ring (bicyclic) bond motifs is 1. The molecule has 0 spiro atoms. The van der Waals surface area contributed by atoms with E-state index in [2.05, 4.69) is 22.1 Å². The zero-order valence-electron chi connectivity index (χ0n) is 8.08. The summed E-state index contributed by atoms with van der Waals surface area (Å²) in [5.74, 6) is 1.97. The van der Waals surface area contributed by atoms with Gasteiger partial charge in [0.05, 0.1) is 0 Å². The largest absolute Gasteiger partial charge is 0.316 e. The van der Waals surface area contributed by atoms with E-state index in [0.717, 1.165) is 11.8 Å². The molecule has 72 valence electrons. The number of nitrogens with one attached hydrogen (secondary N) is 1. The van der Waals surface area contributed by atoms with E-state index in [1.807, 2.05) is 0 Å². The standard InChI is InChI=1S/C9H20N2S/c1-12(2)11-6-8-3-4-10-5-9(8)7-11/h8-10,12H,3-7H2,1-2H3. The third-order valence-electron chi connectivity index (χ3n) is 3.22. The summed E-state index contributed by atoms with van der Waals surface area (Å²) in [6, 6.07) is 0. The van der Waals surface area contributed by atoms with Gasteiger partial charge in [-0.1, -0.05) is 0 Å². The van der Waals surface area contributed by atoms with Crippen LogP contribution in [-0.4, -0.2) is 43.0 Å². The van der Waals surface area contributed by atoms with Crippen molar-refractivity contribution in [1.82, 2.24) is 9.62 Å². The molecule has 2 saturated heterocycles. The third-order valence-corrected chi connectivity index (χ3v) is 4.68. The Morgan fingerprint density at radius 2 is 2.00 bits per heavy atom. The number of hydrogen-bond acceptors (Lipinski definition) is 2. The Labute approximate surface area is 78.2 Å². The van der Waals surface area contributed by atoms with Crippen molar-refractivity contribution in [3.05, 3.63) is 0 Å². The Morgan fingerprint density at radius 3 is 2.67 bits per heavy atom. The number of piperidine rings is 1. The van der Waals surface area contributed by atoms with Crippen LogP contribution in [0.25, 0.3) is 0 Å². The average Bonchev–Trinajstić information content (AvgIpc) is 2.46. The predicted octanol–water partition coefficient (Wildman–Crippen LogP) is 0.704. The molecule has 2 fully saturated rings. The van der Waals surface area contributed by atoms with Crippen molar-refractivity contribution in [3.63, 3.8) is 0 Å². The first-order valence-corrected chi connectivity index (χ1v) is 7.09. The molecule has 0 aliphatic carbocycles. The fraction of sp³-hybridized carbons (Fsp3) is 1.00. The van der Waals surface area contributed by atoms with Crippen molar-refractivity contribution >= 4 is 11.1 Å². The summed E-state index contributed by atoms with van der Waals surface area (Å²) in [6.07, 6.45) is 6.16. The molecule has 2 unspecified atom stereocenters. The first-order valence-electron chi connectivity index (χ1n) is 4.90. The minimum absolute atomic E-state index is 0.167. The Hall–Kier alpha value is 0.270. The van der Waals surface area contributed by atoms with E-state index in [1.54, 1.807) is 0 Å². The van der Waals surface area contributed by atoms with E-state index in [-0.39, 0.29) is 11.1 Å². The van der Waals surface area contributed by atoms with Gasteiger partial charge in [0.2, 0.25) is 0 Å². The SMILES string of the molecule is C[SH](C)N1CC2CCNCC2C1. The molecule has 2 nitrogen and oxygen atoms in total. The second-order valence-electron chi connectivity index (χ2n) is 4.23. The molecule has 0 amide bonds. The maximum atomic E-state index is 3.50. The summed E-state index contributed by atoms with van der Waals surface area (Å²) >= 11 is 0.167. The molecule has 0 aromatic carbocycles. The topological polar surface area (TPSA) is 15.3 Å². The molecule has 2 atom stereocenters. The van der Waals surface area contributed by atoms with Gasteiger partial charge < -0.3 is 5.32 Å². The number of rotatable bonds is 1. The molecule has 0 aromatic rings. The maximum Gasteiger partial charge on any atom is 0.0115 e. The Balaban J connectivity index is 1.94. The summed E-state index contributed by atoms with van der Waals surface area (Å²) in [6.45, 7) is 5.26. The van der Waals surface area contributed by atoms with Gasteiger partial charge in [-0.3, -0.25) is 4.31 Å². The van der Waals surface area contributed by atoms with E-state index in [1.165, 1.54) is 32.6 Å². The molecule has 12 heavy (non-hydrogen) atoms. The molecule has 0 bridgehead atoms. The van der Waals surface area contributed by atoms with Crippen molar-refractivity contribution in [2.24, 2.45) is 11.8 Å². The zero-order chi connectivity index (χ0) is 8.55. The number of thiol groups is 1. The predicted molar refractivity (Wildman–Crippen MR) is 56.9 cm³/mol. The highest BCUT2D eigenvalue weighted by molar-refractivity contribution is 8.13. The molecule has 2 aliphatic heterocycles. The highest BCUT2D eigenvalue weighted by Gasteiger charge is 2.34. The van der Waals surface area contributed by atoms with Gasteiger partial charge in [0, 0.05) is 13.1 Å². The molecule has 2 heterocycles. The highest BCUT2D eigenvalue weighted by atomic mass is 32.2. The van der Waals surface area contributed by atoms with Crippen LogP contribution in [0.4, 0.5) is 0 Å². The molecule has 0 radical (unpaired) electrons. The smallest absolute Gasteiger partial charge is 0.0115 e. The summed E-state index contributed by atoms with van der Waals surface area (Å²) in [5.41, 5.74) is 0. The fourth-order valence-corrected chi connectivity index (χ4v) is 3.45. The lowest BCUT2D eigenvalue weighted by atomic mass is 9.90. The molecule has 2 aliphatic rings. The maximum absolute atomic E-state index is 3.50. The van der Waals surface area contributed by atoms with Crippen LogP contribution in [0, 0.1) is 11.8 Å². The first kappa shape index (κ1) is 8.85. The van der Waals surface area contributed by atoms with Gasteiger partial charge in [-0.2, -0.15) is 0 Å². The van der Waals surface area contributed by atoms with E-state index >= 15 is 0 Å². The van der Waals surface area contributed by atoms with Gasteiger partial charge in [0.25, 0.3) is 0 Å². The van der Waals surface area contributed by atoms with Crippen molar-refractivity contribution < 1.29 is 0 Å². The molecule has 0 saturated carbocycles. The lowest BCUT2D eigenvalue weighted by molar-refractivity contribution is 0.318. The number of nitrogens with zero attached hydrogens (tertiary/aromatic N) is 1. The molecular formula is C9H20N2S. The molecule has 0 aromatic heterocycles. The van der Waals surface area contributed by atoms with Crippen LogP contribution in [0.3, 0.4) is 0 Å². The van der Waals surface area contributed by atoms with Crippen molar-refractivity contribution in [1.29, 1.82) is 0 Å². The summed E-state index contributed by atoms with van der Waals surface area (Å²) in [7, 11) is 0. The van der Waals surface area contributed by atoms with Crippen LogP contribution in [0.1, 0.15) is 6.42 Å². The van der Waals surface area contributed by atoms with Crippen LogP contribution < -0.4 is 5.32 Å². The second kappa shape index (κ2) is 3.56. The van der Waals surface area contributed by atoms with Crippen LogP contribution in [0.2, 0.25) is 0 Å². The van der Waals surface area contributed by atoms with Gasteiger partial charge in [0.15, 0.2) is 0 Å². The van der Waals surface area contributed by atoms with E-state index in [0.29, 0.717) is 0 Å². The van der Waals surface area contributed by atoms with Crippen LogP contribution in [0.15, 0.2) is 0 Å². The van der Waals surface area contributed by atoms with E-state index in [4.69, 9.17) is 0 Å². The quantitative estimate of drug-likeness (QED) is 0.589. The summed E-state index contributed by atoms with van der Waals surface area (Å²) in [5, 5.41) is 3.50. The van der Waals surface area contributed by atoms with Crippen LogP contribution in [-0.2, 0) is 0 Å². The minimum atomic E-state index is 0.167. The molecule has 2 rings (SSSR count). The lowest BCUT2D eigenvalue weighted by Gasteiger charge is -2.24. The van der Waals surface area contributed by atoms with Gasteiger partial charge in [-0.15, -0.1) is 0 Å². The van der Waals surface area contributed by atoms with Gasteiger partial charge in [0.1, 0.15) is 0 Å². The van der Waals surface area contributed by atoms with Crippen LogP contribution >= 0.6 is 11.1 Å². The minimum Gasteiger partial charge on any atom is -0.316 e. The highest BCUT2D eigenvalue weighted by Crippen LogP contribution is 2.35. The number of hydrogen-bond donors (Lipinski definition) is 2. The van der Waals surface area contributed by atoms with Crippen molar-refractivity contribution in [2.75, 3.05) is 38.7 Å². The van der Waals surface area contributed by atoms with Gasteiger partial charge in [-0.05, 0) is 43.9 Å². The third kappa shape index (κ3) is 1.63. The van der Waals surface area contributed by atoms with Gasteiger partial charge >= 0.3 is 0 Å². The monoisotopic (exact) mass is 188 g/mol. The van der Waals surface area contributed by atoms with Crippen LogP contribution in [0.5, 0.6) is 0 Å². The summed E-state index contributed by atoms with van der Waals surface area (Å²) in [4.78, 5) is 0. The Kier molecular flexibility index (Phi) is 2.63. The van der Waals surface area contributed by atoms with E-state index in [9.17, 15) is 0 Å². The Morgan fingerprint density at radius 1 is 1.25 bits per heavy atom. The summed E-state index contributed by atoms with van der Waals surface area (Å²) < 4.78 is 2.69. The zero-order valence-corrected chi connectivity index (χ0v) is 8.98. The molecule has 1 N–H and O–H groups in total. The molecule has 3 heteroatoms. The first-order chi connectivity index (χ1) is 5.77. The van der Waals surface area contributed by atoms with Gasteiger partial charge in [-0.25, -0.2) is 11.1 Å².